The molecule has 1 aromatic rings. The van der Waals surface area contributed by atoms with Crippen molar-refractivity contribution >= 4 is 0 Å². The Labute approximate surface area is 108 Å². The van der Waals surface area contributed by atoms with Gasteiger partial charge in [0.05, 0.1) is 0 Å². The Morgan fingerprint density at radius 1 is 1.21 bits per heavy atom. The number of hydrogen-bond donors (Lipinski definition) is 1. The second-order valence-electron chi connectivity index (χ2n) is 3.80. The average molecular weight is 281 g/mol. The zero-order valence-corrected chi connectivity index (χ0v) is 10.4. The summed E-state index contributed by atoms with van der Waals surface area (Å²) in [4.78, 5) is 0. The smallest absolute Gasteiger partial charge is 0.411 e. The van der Waals surface area contributed by atoms with E-state index in [4.69, 9.17) is 4.74 Å². The van der Waals surface area contributed by atoms with Gasteiger partial charge >= 0.3 is 6.18 Å². The third kappa shape index (κ3) is 6.97. The van der Waals surface area contributed by atoms with Crippen LogP contribution < -0.4 is 10.1 Å². The van der Waals surface area contributed by atoms with Crippen molar-refractivity contribution in [1.82, 2.24) is 5.32 Å². The van der Waals surface area contributed by atoms with Gasteiger partial charge in [0.2, 0.25) is 0 Å². The van der Waals surface area contributed by atoms with Gasteiger partial charge in [0.15, 0.2) is 6.79 Å². The second kappa shape index (κ2) is 7.30. The molecule has 0 aliphatic rings. The van der Waals surface area contributed by atoms with Crippen LogP contribution in [-0.2, 0) is 11.3 Å². The van der Waals surface area contributed by atoms with E-state index in [1.54, 1.807) is 6.07 Å². The van der Waals surface area contributed by atoms with E-state index < -0.39 is 25.4 Å². The molecule has 0 aliphatic carbocycles. The number of rotatable bonds is 7. The summed E-state index contributed by atoms with van der Waals surface area (Å²) in [7, 11) is 0. The van der Waals surface area contributed by atoms with Gasteiger partial charge in [-0.1, -0.05) is 6.92 Å². The molecule has 0 amide bonds. The summed E-state index contributed by atoms with van der Waals surface area (Å²) in [5.41, 5.74) is 0.646. The summed E-state index contributed by atoms with van der Waals surface area (Å²) >= 11 is 0. The molecule has 19 heavy (non-hydrogen) atoms. The Bertz CT molecular complexity index is 396. The van der Waals surface area contributed by atoms with Crippen molar-refractivity contribution in [2.75, 3.05) is 19.9 Å². The lowest BCUT2D eigenvalue weighted by Gasteiger charge is -2.10. The summed E-state index contributed by atoms with van der Waals surface area (Å²) in [5.74, 6) is -0.378. The molecule has 0 spiro atoms. The number of alkyl halides is 3. The monoisotopic (exact) mass is 281 g/mol. The molecule has 0 atom stereocenters. The van der Waals surface area contributed by atoms with E-state index >= 15 is 0 Å². The van der Waals surface area contributed by atoms with Gasteiger partial charge in [0, 0.05) is 12.6 Å². The van der Waals surface area contributed by atoms with Crippen molar-refractivity contribution < 1.29 is 27.0 Å². The number of nitrogens with one attached hydrogen (secondary N) is 1. The van der Waals surface area contributed by atoms with E-state index in [9.17, 15) is 17.6 Å². The first-order chi connectivity index (χ1) is 8.90. The molecule has 0 saturated carbocycles. The largest absolute Gasteiger partial charge is 0.467 e. The fourth-order valence-corrected chi connectivity index (χ4v) is 1.34. The van der Waals surface area contributed by atoms with Crippen LogP contribution >= 0.6 is 0 Å². The molecule has 0 aliphatic heterocycles. The molecule has 0 bridgehead atoms. The molecule has 1 aromatic carbocycles. The van der Waals surface area contributed by atoms with Crippen LogP contribution in [0.5, 0.6) is 5.75 Å². The Kier molecular flexibility index (Phi) is 6.04. The normalized spacial score (nSPS) is 11.6. The standard InChI is InChI=1S/C12H15F4NO2/c1-2-17-6-9-3-10(13)5-11(4-9)19-8-18-7-12(14,15)16/h3-5,17H,2,6-8H2,1H3. The topological polar surface area (TPSA) is 30.5 Å². The highest BCUT2D eigenvalue weighted by Gasteiger charge is 2.27. The van der Waals surface area contributed by atoms with Crippen molar-refractivity contribution in [3.05, 3.63) is 29.6 Å². The van der Waals surface area contributed by atoms with Crippen molar-refractivity contribution in [3.8, 4) is 5.75 Å². The highest BCUT2D eigenvalue weighted by Crippen LogP contribution is 2.18. The molecule has 108 valence electrons. The molecular weight excluding hydrogens is 266 g/mol. The van der Waals surface area contributed by atoms with E-state index in [1.165, 1.54) is 6.07 Å². The minimum absolute atomic E-state index is 0.134. The first kappa shape index (κ1) is 15.7. The molecular formula is C12H15F4NO2. The maximum Gasteiger partial charge on any atom is 0.411 e. The van der Waals surface area contributed by atoms with Crippen LogP contribution in [0.4, 0.5) is 17.6 Å². The van der Waals surface area contributed by atoms with Crippen LogP contribution in [-0.4, -0.2) is 26.1 Å². The predicted molar refractivity (Wildman–Crippen MR) is 61.3 cm³/mol. The Balaban J connectivity index is 2.46. The maximum atomic E-state index is 13.2. The summed E-state index contributed by atoms with van der Waals surface area (Å²) in [6.45, 7) is 1.10. The molecule has 0 heterocycles. The van der Waals surface area contributed by atoms with E-state index in [1.807, 2.05) is 6.92 Å². The maximum absolute atomic E-state index is 13.2. The fourth-order valence-electron chi connectivity index (χ4n) is 1.34. The van der Waals surface area contributed by atoms with Gasteiger partial charge in [0.25, 0.3) is 0 Å². The lowest BCUT2D eigenvalue weighted by molar-refractivity contribution is -0.186. The summed E-state index contributed by atoms with van der Waals surface area (Å²) in [5, 5.41) is 3.00. The van der Waals surface area contributed by atoms with E-state index in [0.717, 1.165) is 12.6 Å². The van der Waals surface area contributed by atoms with Crippen LogP contribution in [0.2, 0.25) is 0 Å². The number of hydrogen-bond acceptors (Lipinski definition) is 3. The van der Waals surface area contributed by atoms with Crippen molar-refractivity contribution in [1.29, 1.82) is 0 Å². The molecule has 0 aromatic heterocycles. The number of halogens is 4. The van der Waals surface area contributed by atoms with Crippen LogP contribution in [0.1, 0.15) is 12.5 Å². The third-order valence-electron chi connectivity index (χ3n) is 2.08. The molecule has 0 unspecified atom stereocenters. The van der Waals surface area contributed by atoms with Crippen LogP contribution in [0.3, 0.4) is 0 Å². The predicted octanol–water partition coefficient (Wildman–Crippen LogP) is 2.85. The Hall–Kier alpha value is -1.34. The van der Waals surface area contributed by atoms with Gasteiger partial charge in [-0.3, -0.25) is 0 Å². The van der Waals surface area contributed by atoms with Gasteiger partial charge in [0.1, 0.15) is 18.2 Å². The highest BCUT2D eigenvalue weighted by atomic mass is 19.4. The zero-order chi connectivity index (χ0) is 14.3. The van der Waals surface area contributed by atoms with Crippen LogP contribution in [0.25, 0.3) is 0 Å². The zero-order valence-electron chi connectivity index (χ0n) is 10.4. The Morgan fingerprint density at radius 3 is 2.58 bits per heavy atom. The van der Waals surface area contributed by atoms with Crippen molar-refractivity contribution in [2.24, 2.45) is 0 Å². The lowest BCUT2D eigenvalue weighted by atomic mass is 10.2. The summed E-state index contributed by atoms with van der Waals surface area (Å²) in [6.07, 6.45) is -4.40. The molecule has 3 nitrogen and oxygen atoms in total. The molecule has 0 fully saturated rings. The molecule has 0 saturated heterocycles. The van der Waals surface area contributed by atoms with Crippen LogP contribution in [0.15, 0.2) is 18.2 Å². The van der Waals surface area contributed by atoms with Gasteiger partial charge in [-0.05, 0) is 24.2 Å². The average Bonchev–Trinajstić information content (AvgIpc) is 2.30. The number of benzene rings is 1. The minimum atomic E-state index is -4.40. The van der Waals surface area contributed by atoms with Gasteiger partial charge in [-0.15, -0.1) is 0 Å². The van der Waals surface area contributed by atoms with Gasteiger partial charge < -0.3 is 14.8 Å². The van der Waals surface area contributed by atoms with Crippen molar-refractivity contribution in [3.63, 3.8) is 0 Å². The van der Waals surface area contributed by atoms with E-state index in [-0.39, 0.29) is 5.75 Å². The van der Waals surface area contributed by atoms with E-state index in [0.29, 0.717) is 12.1 Å². The quantitative estimate of drug-likeness (QED) is 0.473. The molecule has 7 heteroatoms. The van der Waals surface area contributed by atoms with Gasteiger partial charge in [-0.2, -0.15) is 13.2 Å². The SMILES string of the molecule is CCNCc1cc(F)cc(OCOCC(F)(F)F)c1. The molecule has 1 rings (SSSR count). The molecule has 1 N–H and O–H groups in total. The fraction of sp³-hybridized carbons (Fsp3) is 0.500. The minimum Gasteiger partial charge on any atom is -0.467 e. The highest BCUT2D eigenvalue weighted by molar-refractivity contribution is 5.29. The first-order valence-electron chi connectivity index (χ1n) is 5.68. The summed E-state index contributed by atoms with van der Waals surface area (Å²) < 4.78 is 57.8. The second-order valence-corrected chi connectivity index (χ2v) is 3.80. The lowest BCUT2D eigenvalue weighted by Crippen LogP contribution is -2.19. The van der Waals surface area contributed by atoms with Crippen LogP contribution in [0, 0.1) is 5.82 Å². The number of ether oxygens (including phenoxy) is 2. The Morgan fingerprint density at radius 2 is 1.95 bits per heavy atom. The van der Waals surface area contributed by atoms with Crippen molar-refractivity contribution in [2.45, 2.75) is 19.6 Å². The van der Waals surface area contributed by atoms with E-state index in [2.05, 4.69) is 10.1 Å². The third-order valence-corrected chi connectivity index (χ3v) is 2.08. The summed E-state index contributed by atoms with van der Waals surface area (Å²) in [6, 6.07) is 3.96. The first-order valence-corrected chi connectivity index (χ1v) is 5.68. The van der Waals surface area contributed by atoms with Gasteiger partial charge in [-0.25, -0.2) is 4.39 Å². The molecule has 0 radical (unpaired) electrons.